The summed E-state index contributed by atoms with van der Waals surface area (Å²) in [5, 5.41) is 4.40. The summed E-state index contributed by atoms with van der Waals surface area (Å²) in [6.07, 6.45) is 2.54. The molecule has 0 radical (unpaired) electrons. The van der Waals surface area contributed by atoms with E-state index in [0.29, 0.717) is 5.41 Å². The Labute approximate surface area is 129 Å². The molecule has 106 valence electrons. The van der Waals surface area contributed by atoms with Crippen LogP contribution in [0.25, 0.3) is 0 Å². The Balaban J connectivity index is 1.83. The minimum Gasteiger partial charge on any atom is -0.312 e. The summed E-state index contributed by atoms with van der Waals surface area (Å²) < 4.78 is 1.03. The lowest BCUT2D eigenvalue weighted by Crippen LogP contribution is -2.41. The zero-order valence-corrected chi connectivity index (χ0v) is 14.0. The van der Waals surface area contributed by atoms with E-state index < -0.39 is 0 Å². The van der Waals surface area contributed by atoms with Crippen molar-refractivity contribution in [2.75, 3.05) is 26.7 Å². The molecule has 0 aliphatic carbocycles. The minimum atomic E-state index is 0.425. The van der Waals surface area contributed by atoms with E-state index in [0.717, 1.165) is 22.6 Å². The van der Waals surface area contributed by atoms with E-state index >= 15 is 0 Å². The highest BCUT2D eigenvalue weighted by Crippen LogP contribution is 2.29. The van der Waals surface area contributed by atoms with Crippen molar-refractivity contribution in [3.63, 3.8) is 0 Å². The number of rotatable bonds is 4. The second kappa shape index (κ2) is 6.57. The molecule has 0 unspecified atom stereocenters. The fraction of sp³-hybridized carbons (Fsp3) is 0.600. The lowest BCUT2D eigenvalue weighted by molar-refractivity contribution is 0.137. The summed E-state index contributed by atoms with van der Waals surface area (Å²) in [6, 6.07) is 6.08. The average molecular weight is 346 g/mol. The van der Waals surface area contributed by atoms with Crippen molar-refractivity contribution in [1.29, 1.82) is 0 Å². The van der Waals surface area contributed by atoms with Gasteiger partial charge in [0.25, 0.3) is 0 Å². The van der Waals surface area contributed by atoms with Crippen LogP contribution in [0.1, 0.15) is 25.3 Å². The van der Waals surface area contributed by atoms with Crippen LogP contribution >= 0.6 is 27.5 Å². The third-order valence-electron chi connectivity index (χ3n) is 4.08. The molecule has 1 saturated heterocycles. The van der Waals surface area contributed by atoms with Crippen LogP contribution in [0.3, 0.4) is 0 Å². The first-order valence-corrected chi connectivity index (χ1v) is 7.99. The topological polar surface area (TPSA) is 15.3 Å². The third-order valence-corrected chi connectivity index (χ3v) is 4.92. The fourth-order valence-electron chi connectivity index (χ4n) is 2.50. The van der Waals surface area contributed by atoms with Crippen LogP contribution in [0.2, 0.25) is 5.02 Å². The average Bonchev–Trinajstić information content (AvgIpc) is 2.36. The number of hydrogen-bond acceptors (Lipinski definition) is 2. The molecule has 1 aliphatic heterocycles. The number of piperidine rings is 1. The molecule has 0 bridgehead atoms. The summed E-state index contributed by atoms with van der Waals surface area (Å²) in [5.74, 6) is 0. The molecule has 1 heterocycles. The van der Waals surface area contributed by atoms with Gasteiger partial charge in [0, 0.05) is 22.6 Å². The van der Waals surface area contributed by atoms with E-state index in [4.69, 9.17) is 11.6 Å². The third kappa shape index (κ3) is 4.45. The standard InChI is InChI=1S/C15H22BrClN2/c1-15(5-7-19(2)8-6-15)11-18-10-12-3-4-13(16)9-14(12)17/h3-4,9,18H,5-8,10-11H2,1-2H3. The molecule has 4 heteroatoms. The lowest BCUT2D eigenvalue weighted by Gasteiger charge is -2.38. The van der Waals surface area contributed by atoms with Gasteiger partial charge >= 0.3 is 0 Å². The van der Waals surface area contributed by atoms with Gasteiger partial charge in [-0.05, 0) is 56.1 Å². The van der Waals surface area contributed by atoms with Gasteiger partial charge in [0.05, 0.1) is 0 Å². The zero-order chi connectivity index (χ0) is 13.9. The monoisotopic (exact) mass is 344 g/mol. The van der Waals surface area contributed by atoms with Gasteiger partial charge in [0.15, 0.2) is 0 Å². The molecule has 1 N–H and O–H groups in total. The van der Waals surface area contributed by atoms with Crippen LogP contribution in [-0.2, 0) is 6.54 Å². The van der Waals surface area contributed by atoms with Gasteiger partial charge in [-0.2, -0.15) is 0 Å². The van der Waals surface area contributed by atoms with Gasteiger partial charge in [-0.3, -0.25) is 0 Å². The zero-order valence-electron chi connectivity index (χ0n) is 11.7. The van der Waals surface area contributed by atoms with Gasteiger partial charge in [0.2, 0.25) is 0 Å². The molecule has 1 fully saturated rings. The molecule has 0 saturated carbocycles. The molecule has 19 heavy (non-hydrogen) atoms. The first-order valence-electron chi connectivity index (χ1n) is 6.82. The van der Waals surface area contributed by atoms with Crippen LogP contribution < -0.4 is 5.32 Å². The largest absolute Gasteiger partial charge is 0.312 e. The number of nitrogens with zero attached hydrogens (tertiary/aromatic N) is 1. The van der Waals surface area contributed by atoms with E-state index in [1.807, 2.05) is 12.1 Å². The van der Waals surface area contributed by atoms with Gasteiger partial charge in [-0.1, -0.05) is 40.5 Å². The smallest absolute Gasteiger partial charge is 0.0462 e. The Hall–Kier alpha value is -0.0900. The second-order valence-corrected chi connectivity index (χ2v) is 7.28. The SMILES string of the molecule is CN1CCC(C)(CNCc2ccc(Br)cc2Cl)CC1. The second-order valence-electron chi connectivity index (χ2n) is 5.95. The molecule has 2 nitrogen and oxygen atoms in total. The Morgan fingerprint density at radius 3 is 2.68 bits per heavy atom. The first-order chi connectivity index (χ1) is 8.98. The van der Waals surface area contributed by atoms with E-state index in [9.17, 15) is 0 Å². The van der Waals surface area contributed by atoms with Crippen molar-refractivity contribution in [1.82, 2.24) is 10.2 Å². The van der Waals surface area contributed by atoms with Crippen molar-refractivity contribution in [3.8, 4) is 0 Å². The van der Waals surface area contributed by atoms with Crippen molar-refractivity contribution in [3.05, 3.63) is 33.3 Å². The predicted octanol–water partition coefficient (Wildman–Crippen LogP) is 3.92. The highest BCUT2D eigenvalue weighted by molar-refractivity contribution is 9.10. The quantitative estimate of drug-likeness (QED) is 0.889. The van der Waals surface area contributed by atoms with Crippen LogP contribution in [0.4, 0.5) is 0 Å². The number of benzene rings is 1. The molecule has 0 atom stereocenters. The molecule has 1 aromatic rings. The van der Waals surface area contributed by atoms with E-state index in [-0.39, 0.29) is 0 Å². The van der Waals surface area contributed by atoms with Crippen LogP contribution in [0, 0.1) is 5.41 Å². The summed E-state index contributed by atoms with van der Waals surface area (Å²) in [7, 11) is 2.20. The Morgan fingerprint density at radius 1 is 1.37 bits per heavy atom. The van der Waals surface area contributed by atoms with E-state index in [1.165, 1.54) is 31.5 Å². The highest BCUT2D eigenvalue weighted by atomic mass is 79.9. The maximum absolute atomic E-state index is 6.23. The molecular formula is C15H22BrClN2. The molecule has 0 spiro atoms. The summed E-state index contributed by atoms with van der Waals surface area (Å²) in [5.41, 5.74) is 1.59. The Kier molecular flexibility index (Phi) is 5.29. The maximum atomic E-state index is 6.23. The number of likely N-dealkylation sites (tertiary alicyclic amines) is 1. The van der Waals surface area contributed by atoms with Gasteiger partial charge in [0.1, 0.15) is 0 Å². The first kappa shape index (κ1) is 15.3. The van der Waals surface area contributed by atoms with E-state index in [1.54, 1.807) is 0 Å². The highest BCUT2D eigenvalue weighted by Gasteiger charge is 2.28. The summed E-state index contributed by atoms with van der Waals surface area (Å²) in [6.45, 7) is 6.70. The van der Waals surface area contributed by atoms with Gasteiger partial charge < -0.3 is 10.2 Å². The van der Waals surface area contributed by atoms with Crippen molar-refractivity contribution in [2.45, 2.75) is 26.3 Å². The maximum Gasteiger partial charge on any atom is 0.0462 e. The van der Waals surface area contributed by atoms with Crippen molar-refractivity contribution >= 4 is 27.5 Å². The number of hydrogen-bond donors (Lipinski definition) is 1. The predicted molar refractivity (Wildman–Crippen MR) is 85.7 cm³/mol. The summed E-state index contributed by atoms with van der Waals surface area (Å²) >= 11 is 9.66. The molecule has 2 rings (SSSR count). The van der Waals surface area contributed by atoms with E-state index in [2.05, 4.69) is 46.2 Å². The van der Waals surface area contributed by atoms with Crippen molar-refractivity contribution in [2.24, 2.45) is 5.41 Å². The van der Waals surface area contributed by atoms with Gasteiger partial charge in [-0.25, -0.2) is 0 Å². The van der Waals surface area contributed by atoms with Crippen LogP contribution in [-0.4, -0.2) is 31.6 Å². The van der Waals surface area contributed by atoms with Crippen LogP contribution in [0.15, 0.2) is 22.7 Å². The molecular weight excluding hydrogens is 324 g/mol. The van der Waals surface area contributed by atoms with Gasteiger partial charge in [-0.15, -0.1) is 0 Å². The molecule has 1 aromatic carbocycles. The number of halogens is 2. The van der Waals surface area contributed by atoms with Crippen LogP contribution in [0.5, 0.6) is 0 Å². The molecule has 0 aromatic heterocycles. The molecule has 0 amide bonds. The van der Waals surface area contributed by atoms with Crippen molar-refractivity contribution < 1.29 is 0 Å². The number of nitrogens with one attached hydrogen (secondary N) is 1. The Morgan fingerprint density at radius 2 is 2.05 bits per heavy atom. The molecule has 1 aliphatic rings. The summed E-state index contributed by atoms with van der Waals surface area (Å²) in [4.78, 5) is 2.41. The Bertz CT molecular complexity index is 428. The minimum absolute atomic E-state index is 0.425. The lowest BCUT2D eigenvalue weighted by atomic mass is 9.80. The normalized spacial score (nSPS) is 19.6. The fourth-order valence-corrected chi connectivity index (χ4v) is 3.24.